The summed E-state index contributed by atoms with van der Waals surface area (Å²) >= 11 is 1.24. The Hall–Kier alpha value is -3.36. The molecule has 1 aromatic carbocycles. The SMILES string of the molecule is CCOC(=O)C1=C(CN2C3COCC2C(F)(F)C(CC(=O)O)C3)NC(c2nccs2)=NC1c1ccc(F)c(F)c1C. The van der Waals surface area contributed by atoms with Gasteiger partial charge in [-0.1, -0.05) is 6.07 Å². The normalized spacial score (nSPS) is 25.9. The molecule has 0 amide bonds. The number of rotatable bonds is 8. The number of ether oxygens (including phenoxy) is 2. The number of alkyl halides is 2. The Morgan fingerprint density at radius 1 is 1.29 bits per heavy atom. The first kappa shape index (κ1) is 29.1. The third-order valence-electron chi connectivity index (χ3n) is 7.69. The first-order chi connectivity index (χ1) is 19.5. The number of piperidine rings is 1. The predicted octanol–water partition coefficient (Wildman–Crippen LogP) is 3.84. The highest BCUT2D eigenvalue weighted by Gasteiger charge is 2.58. The second-order valence-corrected chi connectivity index (χ2v) is 11.0. The molecule has 0 aliphatic carbocycles. The standard InChI is InChI=1S/C27H28F4N4O5S/c1-3-40-26(38)21-18(10-35-15-8-14(9-20(36)37)27(30,31)19(35)12-39-11-15)33-24(25-32-6-7-41-25)34-23(21)16-4-5-17(28)22(29)13(16)2/h4-7,14-15,19,23H,3,8-12H2,1-2H3,(H,33,34)(H,36,37). The smallest absolute Gasteiger partial charge is 0.338 e. The Morgan fingerprint density at radius 3 is 2.76 bits per heavy atom. The number of nitrogens with one attached hydrogen (secondary N) is 1. The first-order valence-corrected chi connectivity index (χ1v) is 13.9. The van der Waals surface area contributed by atoms with Crippen molar-refractivity contribution in [1.29, 1.82) is 0 Å². The highest BCUT2D eigenvalue weighted by molar-refractivity contribution is 7.11. The van der Waals surface area contributed by atoms with Crippen molar-refractivity contribution in [3.63, 3.8) is 0 Å². The van der Waals surface area contributed by atoms with Gasteiger partial charge in [-0.15, -0.1) is 11.3 Å². The van der Waals surface area contributed by atoms with Crippen LogP contribution in [0.15, 0.2) is 40.0 Å². The van der Waals surface area contributed by atoms with E-state index in [2.05, 4.69) is 15.3 Å². The number of carbonyl (C=O) groups is 2. The van der Waals surface area contributed by atoms with Crippen LogP contribution in [0.3, 0.4) is 0 Å². The molecule has 220 valence electrons. The fraction of sp³-hybridized carbons (Fsp3) is 0.481. The van der Waals surface area contributed by atoms with Crippen LogP contribution in [0.2, 0.25) is 0 Å². The van der Waals surface area contributed by atoms with Crippen LogP contribution < -0.4 is 5.32 Å². The molecule has 0 spiro atoms. The number of morpholine rings is 1. The Labute approximate surface area is 236 Å². The number of benzene rings is 1. The lowest BCUT2D eigenvalue weighted by molar-refractivity contribution is -0.219. The Kier molecular flexibility index (Phi) is 8.17. The Morgan fingerprint density at radius 2 is 2.07 bits per heavy atom. The number of hydrogen-bond donors (Lipinski definition) is 2. The molecular formula is C27H28F4N4O5S. The minimum absolute atomic E-state index is 0.000109. The van der Waals surface area contributed by atoms with Gasteiger partial charge in [-0.25, -0.2) is 27.3 Å². The number of nitrogens with zero attached hydrogens (tertiary/aromatic N) is 3. The van der Waals surface area contributed by atoms with Crippen LogP contribution in [0.5, 0.6) is 0 Å². The summed E-state index contributed by atoms with van der Waals surface area (Å²) in [5.74, 6) is -8.80. The van der Waals surface area contributed by atoms with Crippen LogP contribution in [0.4, 0.5) is 17.6 Å². The minimum Gasteiger partial charge on any atom is -0.481 e. The number of carboxylic acid groups (broad SMARTS) is 1. The summed E-state index contributed by atoms with van der Waals surface area (Å²) in [6.45, 7) is 2.55. The summed E-state index contributed by atoms with van der Waals surface area (Å²) in [5, 5.41) is 14.5. The second kappa shape index (κ2) is 11.5. The molecule has 2 fully saturated rings. The van der Waals surface area contributed by atoms with Crippen molar-refractivity contribution in [2.24, 2.45) is 10.9 Å². The maximum atomic E-state index is 15.6. The Bertz CT molecular complexity index is 1400. The van der Waals surface area contributed by atoms with Crippen molar-refractivity contribution in [2.75, 3.05) is 26.4 Å². The zero-order chi connectivity index (χ0) is 29.5. The maximum Gasteiger partial charge on any atom is 0.338 e. The number of carbonyl (C=O) groups excluding carboxylic acids is 1. The summed E-state index contributed by atoms with van der Waals surface area (Å²) in [4.78, 5) is 35.2. The quantitative estimate of drug-likeness (QED) is 0.349. The van der Waals surface area contributed by atoms with Gasteiger partial charge >= 0.3 is 11.9 Å². The van der Waals surface area contributed by atoms with E-state index in [9.17, 15) is 23.5 Å². The summed E-state index contributed by atoms with van der Waals surface area (Å²) in [7, 11) is 0. The number of amidine groups is 1. The monoisotopic (exact) mass is 596 g/mol. The van der Waals surface area contributed by atoms with Crippen molar-refractivity contribution < 1.29 is 41.7 Å². The van der Waals surface area contributed by atoms with Gasteiger partial charge in [0.1, 0.15) is 6.04 Å². The van der Waals surface area contributed by atoms with E-state index >= 15 is 8.78 Å². The minimum atomic E-state index is -3.39. The van der Waals surface area contributed by atoms with E-state index in [-0.39, 0.29) is 61.0 Å². The van der Waals surface area contributed by atoms with Gasteiger partial charge in [-0.05, 0) is 37.5 Å². The van der Waals surface area contributed by atoms with E-state index in [0.717, 1.165) is 6.07 Å². The van der Waals surface area contributed by atoms with Crippen LogP contribution in [-0.4, -0.2) is 77.1 Å². The highest BCUT2D eigenvalue weighted by atomic mass is 32.1. The molecule has 2 aromatic rings. The van der Waals surface area contributed by atoms with Crippen molar-refractivity contribution >= 4 is 29.1 Å². The van der Waals surface area contributed by atoms with Crippen LogP contribution in [0.25, 0.3) is 0 Å². The molecule has 14 heteroatoms. The molecule has 3 aliphatic rings. The van der Waals surface area contributed by atoms with Gasteiger partial charge < -0.3 is 19.9 Å². The molecule has 0 saturated carbocycles. The predicted molar refractivity (Wildman–Crippen MR) is 140 cm³/mol. The highest BCUT2D eigenvalue weighted by Crippen LogP contribution is 2.45. The molecule has 2 bridgehead atoms. The largest absolute Gasteiger partial charge is 0.481 e. The topological polar surface area (TPSA) is 113 Å². The van der Waals surface area contributed by atoms with E-state index in [1.54, 1.807) is 18.5 Å². The summed E-state index contributed by atoms with van der Waals surface area (Å²) < 4.78 is 70.8. The molecule has 4 atom stereocenters. The average Bonchev–Trinajstić information content (AvgIpc) is 3.46. The average molecular weight is 597 g/mol. The lowest BCUT2D eigenvalue weighted by Gasteiger charge is -2.52. The molecule has 5 rings (SSSR count). The number of esters is 1. The van der Waals surface area contributed by atoms with E-state index in [4.69, 9.17) is 9.47 Å². The number of halogens is 4. The number of aliphatic carboxylic acids is 1. The number of hydrogen-bond acceptors (Lipinski definition) is 9. The van der Waals surface area contributed by atoms with Crippen molar-refractivity contribution in [1.82, 2.24) is 15.2 Å². The first-order valence-electron chi connectivity index (χ1n) is 13.0. The van der Waals surface area contributed by atoms with Gasteiger partial charge in [0.15, 0.2) is 22.5 Å². The lowest BCUT2D eigenvalue weighted by Crippen LogP contribution is -2.67. The third kappa shape index (κ3) is 5.47. The van der Waals surface area contributed by atoms with Crippen molar-refractivity contribution in [3.05, 3.63) is 62.7 Å². The molecule has 9 nitrogen and oxygen atoms in total. The van der Waals surface area contributed by atoms with Gasteiger partial charge in [0.05, 0.1) is 37.9 Å². The van der Waals surface area contributed by atoms with Crippen LogP contribution in [0.1, 0.15) is 41.9 Å². The number of aromatic nitrogens is 1. The van der Waals surface area contributed by atoms with Gasteiger partial charge in [0.2, 0.25) is 0 Å². The summed E-state index contributed by atoms with van der Waals surface area (Å²) in [6, 6.07) is -0.891. The number of aliphatic imine (C=N–C) groups is 1. The van der Waals surface area contributed by atoms with E-state index in [1.807, 2.05) is 0 Å². The van der Waals surface area contributed by atoms with Crippen LogP contribution >= 0.6 is 11.3 Å². The summed E-state index contributed by atoms with van der Waals surface area (Å²) in [6.07, 6.45) is 0.736. The zero-order valence-electron chi connectivity index (χ0n) is 22.2. The molecule has 3 aliphatic heterocycles. The van der Waals surface area contributed by atoms with Crippen molar-refractivity contribution in [2.45, 2.75) is 50.7 Å². The number of fused-ring (bicyclic) bond motifs is 2. The van der Waals surface area contributed by atoms with Gasteiger partial charge in [-0.3, -0.25) is 14.7 Å². The van der Waals surface area contributed by atoms with Gasteiger partial charge in [0.25, 0.3) is 5.92 Å². The zero-order valence-corrected chi connectivity index (χ0v) is 23.0. The van der Waals surface area contributed by atoms with E-state index in [1.165, 1.54) is 29.2 Å². The summed E-state index contributed by atoms with van der Waals surface area (Å²) in [5.41, 5.74) is 0.305. The van der Waals surface area contributed by atoms with Gasteiger partial charge in [0, 0.05) is 35.8 Å². The molecule has 1 aromatic heterocycles. The van der Waals surface area contributed by atoms with Crippen molar-refractivity contribution in [3.8, 4) is 0 Å². The molecule has 0 radical (unpaired) electrons. The third-order valence-corrected chi connectivity index (χ3v) is 8.47. The molecular weight excluding hydrogens is 568 g/mol. The maximum absolute atomic E-state index is 15.6. The fourth-order valence-electron chi connectivity index (χ4n) is 5.71. The molecule has 41 heavy (non-hydrogen) atoms. The van der Waals surface area contributed by atoms with Crippen LogP contribution in [-0.2, 0) is 19.1 Å². The Balaban J connectivity index is 1.62. The fourth-order valence-corrected chi connectivity index (χ4v) is 6.30. The van der Waals surface area contributed by atoms with E-state index < -0.39 is 60.0 Å². The van der Waals surface area contributed by atoms with Crippen LogP contribution in [0, 0.1) is 24.5 Å². The molecule has 4 unspecified atom stereocenters. The number of thiazole rings is 1. The second-order valence-electron chi connectivity index (χ2n) is 10.1. The molecule has 2 N–H and O–H groups in total. The molecule has 2 saturated heterocycles. The lowest BCUT2D eigenvalue weighted by atomic mass is 9.79. The molecule has 4 heterocycles. The van der Waals surface area contributed by atoms with E-state index in [0.29, 0.717) is 5.01 Å². The number of carboxylic acids is 1. The van der Waals surface area contributed by atoms with Gasteiger partial charge in [-0.2, -0.15) is 0 Å².